The molecule has 6 aromatic rings. The molecule has 11 heteroatoms. The summed E-state index contributed by atoms with van der Waals surface area (Å²) < 4.78 is 15.2. The van der Waals surface area contributed by atoms with Gasteiger partial charge in [0.2, 0.25) is 0 Å². The maximum Gasteiger partial charge on any atom is 0.169 e. The molecule has 1 fully saturated rings. The Morgan fingerprint density at radius 3 is 2.85 bits per heavy atom. The highest BCUT2D eigenvalue weighted by atomic mass is 32.1. The number of thiophene rings is 1. The number of imidazole rings is 1. The molecule has 1 atom stereocenters. The average molecular weight is 540 g/mol. The predicted molar refractivity (Wildman–Crippen MR) is 148 cm³/mol. The SMILES string of the molecule is CC(=O)c1ccc(-c2ccnc3[nH]c(-c4n[nH]c5cc(F)c(-c6cncc(NC(O)C7CC7)c6)cc45)nc23)s1. The monoisotopic (exact) mass is 539 g/mol. The number of benzene rings is 1. The number of ketones is 1. The van der Waals surface area contributed by atoms with Crippen LogP contribution < -0.4 is 5.32 Å². The quantitative estimate of drug-likeness (QED) is 0.149. The van der Waals surface area contributed by atoms with Crippen LogP contribution in [0.3, 0.4) is 0 Å². The zero-order valence-corrected chi connectivity index (χ0v) is 21.5. The number of aromatic amines is 2. The first-order chi connectivity index (χ1) is 18.9. The molecule has 1 aromatic carbocycles. The molecule has 5 aromatic heterocycles. The molecule has 1 unspecified atom stereocenters. The highest BCUT2D eigenvalue weighted by Gasteiger charge is 2.29. The number of nitrogens with zero attached hydrogens (tertiary/aromatic N) is 4. The Bertz CT molecular complexity index is 1890. The molecule has 0 aliphatic heterocycles. The van der Waals surface area contributed by atoms with Crippen molar-refractivity contribution in [3.63, 3.8) is 0 Å². The van der Waals surface area contributed by atoms with E-state index < -0.39 is 12.0 Å². The van der Waals surface area contributed by atoms with Crippen molar-refractivity contribution >= 4 is 44.9 Å². The summed E-state index contributed by atoms with van der Waals surface area (Å²) >= 11 is 1.41. The van der Waals surface area contributed by atoms with Gasteiger partial charge in [-0.15, -0.1) is 11.3 Å². The Hall–Kier alpha value is -4.48. The number of halogens is 1. The lowest BCUT2D eigenvalue weighted by atomic mass is 10.0. The fourth-order valence-electron chi connectivity index (χ4n) is 4.70. The van der Waals surface area contributed by atoms with E-state index in [1.54, 1.807) is 37.6 Å². The third-order valence-electron chi connectivity index (χ3n) is 6.91. The van der Waals surface area contributed by atoms with Crippen LogP contribution in [0.1, 0.15) is 29.4 Å². The van der Waals surface area contributed by atoms with E-state index in [4.69, 9.17) is 4.98 Å². The van der Waals surface area contributed by atoms with Gasteiger partial charge in [0.15, 0.2) is 17.3 Å². The summed E-state index contributed by atoms with van der Waals surface area (Å²) in [6.45, 7) is 1.55. The van der Waals surface area contributed by atoms with E-state index in [1.165, 1.54) is 17.4 Å². The van der Waals surface area contributed by atoms with E-state index in [1.807, 2.05) is 18.2 Å². The van der Waals surface area contributed by atoms with Gasteiger partial charge < -0.3 is 15.4 Å². The fraction of sp³-hybridized carbons (Fsp3) is 0.179. The van der Waals surface area contributed by atoms with E-state index in [0.717, 1.165) is 23.3 Å². The van der Waals surface area contributed by atoms with Gasteiger partial charge >= 0.3 is 0 Å². The van der Waals surface area contributed by atoms with Gasteiger partial charge in [0.1, 0.15) is 23.3 Å². The molecule has 1 aliphatic rings. The van der Waals surface area contributed by atoms with Gasteiger partial charge in [-0.1, -0.05) is 0 Å². The van der Waals surface area contributed by atoms with Crippen molar-refractivity contribution in [3.8, 4) is 33.1 Å². The number of carbonyl (C=O) groups excluding carboxylic acids is 1. The van der Waals surface area contributed by atoms with Gasteiger partial charge in [0, 0.05) is 51.3 Å². The molecule has 7 rings (SSSR count). The topological polar surface area (TPSA) is 132 Å². The van der Waals surface area contributed by atoms with Gasteiger partial charge in [-0.3, -0.25) is 14.9 Å². The Morgan fingerprint density at radius 2 is 2.05 bits per heavy atom. The molecule has 9 nitrogen and oxygen atoms in total. The Labute approximate surface area is 225 Å². The molecular weight excluding hydrogens is 517 g/mol. The van der Waals surface area contributed by atoms with Crippen LogP contribution in [0.25, 0.3) is 55.2 Å². The maximum atomic E-state index is 15.2. The Morgan fingerprint density at radius 1 is 1.18 bits per heavy atom. The molecule has 0 bridgehead atoms. The zero-order chi connectivity index (χ0) is 26.7. The number of rotatable bonds is 7. The van der Waals surface area contributed by atoms with Crippen LogP contribution in [0.15, 0.2) is 55.0 Å². The van der Waals surface area contributed by atoms with Crippen LogP contribution in [-0.2, 0) is 0 Å². The number of carbonyl (C=O) groups is 1. The molecule has 39 heavy (non-hydrogen) atoms. The van der Waals surface area contributed by atoms with Crippen LogP contribution in [0.4, 0.5) is 10.1 Å². The number of aromatic nitrogens is 6. The summed E-state index contributed by atoms with van der Waals surface area (Å²) in [6, 6.07) is 10.5. The van der Waals surface area contributed by atoms with Crippen molar-refractivity contribution < 1.29 is 14.3 Å². The first-order valence-corrected chi connectivity index (χ1v) is 13.3. The number of anilines is 1. The summed E-state index contributed by atoms with van der Waals surface area (Å²) in [7, 11) is 0. The van der Waals surface area contributed by atoms with Gasteiger partial charge in [-0.2, -0.15) is 5.10 Å². The summed E-state index contributed by atoms with van der Waals surface area (Å²) in [6.07, 6.45) is 6.22. The van der Waals surface area contributed by atoms with Crippen LogP contribution in [-0.4, -0.2) is 47.3 Å². The van der Waals surface area contributed by atoms with Gasteiger partial charge in [0.05, 0.1) is 22.3 Å². The zero-order valence-electron chi connectivity index (χ0n) is 20.7. The normalized spacial score (nSPS) is 14.2. The smallest absolute Gasteiger partial charge is 0.169 e. The summed E-state index contributed by atoms with van der Waals surface area (Å²) in [5.74, 6) is 0.316. The predicted octanol–water partition coefficient (Wildman–Crippen LogP) is 5.77. The minimum Gasteiger partial charge on any atom is -0.374 e. The van der Waals surface area contributed by atoms with Gasteiger partial charge in [-0.25, -0.2) is 14.4 Å². The van der Waals surface area contributed by atoms with Crippen LogP contribution in [0.2, 0.25) is 0 Å². The third kappa shape index (κ3) is 4.25. The molecule has 1 saturated carbocycles. The molecule has 1 aliphatic carbocycles. The van der Waals surface area contributed by atoms with Crippen molar-refractivity contribution in [1.29, 1.82) is 0 Å². The van der Waals surface area contributed by atoms with Crippen LogP contribution in [0, 0.1) is 11.7 Å². The highest BCUT2D eigenvalue weighted by molar-refractivity contribution is 7.17. The number of Topliss-reactive ketones (excluding diaryl/α,β-unsaturated/α-hetero) is 1. The van der Waals surface area contributed by atoms with Crippen molar-refractivity contribution in [2.24, 2.45) is 5.92 Å². The second kappa shape index (κ2) is 9.07. The molecule has 0 amide bonds. The Kier molecular flexibility index (Phi) is 5.49. The van der Waals surface area contributed by atoms with Gasteiger partial charge in [0.25, 0.3) is 0 Å². The second-order valence-electron chi connectivity index (χ2n) is 9.70. The summed E-state index contributed by atoms with van der Waals surface area (Å²) in [4.78, 5) is 30.1. The first kappa shape index (κ1) is 23.6. The molecule has 5 heterocycles. The summed E-state index contributed by atoms with van der Waals surface area (Å²) in [5, 5.41) is 21.3. The molecule has 0 radical (unpaired) electrons. The molecule has 194 valence electrons. The summed E-state index contributed by atoms with van der Waals surface area (Å²) in [5.41, 5.74) is 4.69. The highest BCUT2D eigenvalue weighted by Crippen LogP contribution is 2.37. The third-order valence-corrected chi connectivity index (χ3v) is 8.13. The number of fused-ring (bicyclic) bond motifs is 2. The van der Waals surface area contributed by atoms with E-state index >= 15 is 4.39 Å². The lowest BCUT2D eigenvalue weighted by Crippen LogP contribution is -2.20. The maximum absolute atomic E-state index is 15.2. The minimum absolute atomic E-state index is 0.0147. The van der Waals surface area contributed by atoms with Crippen molar-refractivity contribution in [1.82, 2.24) is 30.1 Å². The number of hydrogen-bond donors (Lipinski definition) is 4. The van der Waals surface area contributed by atoms with Gasteiger partial charge in [-0.05, 0) is 50.1 Å². The minimum atomic E-state index is -0.648. The number of aliphatic hydroxyl groups excluding tert-OH is 1. The lowest BCUT2D eigenvalue weighted by Gasteiger charge is -2.14. The van der Waals surface area contributed by atoms with E-state index in [-0.39, 0.29) is 11.7 Å². The number of nitrogens with one attached hydrogen (secondary N) is 3. The van der Waals surface area contributed by atoms with E-state index in [0.29, 0.717) is 55.3 Å². The molecular formula is C28H22FN7O2S. The molecule has 0 saturated heterocycles. The van der Waals surface area contributed by atoms with E-state index in [2.05, 4.69) is 30.5 Å². The number of hydrogen-bond acceptors (Lipinski definition) is 8. The van der Waals surface area contributed by atoms with E-state index in [9.17, 15) is 9.90 Å². The first-order valence-electron chi connectivity index (χ1n) is 12.5. The molecule has 0 spiro atoms. The van der Waals surface area contributed by atoms with Crippen LogP contribution in [0.5, 0.6) is 0 Å². The lowest BCUT2D eigenvalue weighted by molar-refractivity contribution is 0.102. The Balaban J connectivity index is 1.29. The van der Waals surface area contributed by atoms with Crippen LogP contribution >= 0.6 is 11.3 Å². The van der Waals surface area contributed by atoms with Crippen molar-refractivity contribution in [3.05, 3.63) is 65.7 Å². The number of aliphatic hydroxyl groups is 1. The van der Waals surface area contributed by atoms with Crippen molar-refractivity contribution in [2.75, 3.05) is 5.32 Å². The fourth-order valence-corrected chi connectivity index (χ4v) is 5.63. The average Bonchev–Trinajstić information content (AvgIpc) is 3.31. The second-order valence-corrected chi connectivity index (χ2v) is 10.8. The molecule has 4 N–H and O–H groups in total. The number of pyridine rings is 2. The largest absolute Gasteiger partial charge is 0.374 e. The number of H-pyrrole nitrogens is 2. The van der Waals surface area contributed by atoms with Crippen molar-refractivity contribution in [2.45, 2.75) is 26.0 Å². The standard InChI is InChI=1S/C28H22FN7O2S/c1-13(37)22-4-5-23(39-22)17-6-7-31-26-24(17)33-27(34-26)25-19-9-18(20(29)10-21(19)35-36-25)15-8-16(12-30-11-15)32-28(38)14-2-3-14/h4-12,14,28,32,38H,2-3H2,1H3,(H,35,36)(H,31,33,34).